The quantitative estimate of drug-likeness (QED) is 0.859. The molecule has 1 aromatic carbocycles. The number of alkyl halides is 3. The maximum absolute atomic E-state index is 13.0. The molecule has 7 heteroatoms. The average Bonchev–Trinajstić information content (AvgIpc) is 2.46. The molecule has 0 N–H and O–H groups in total. The van der Waals surface area contributed by atoms with E-state index >= 15 is 0 Å². The van der Waals surface area contributed by atoms with Crippen LogP contribution in [0.2, 0.25) is 0 Å². The molecule has 2 rings (SSSR count). The summed E-state index contributed by atoms with van der Waals surface area (Å²) in [6.45, 7) is 1.03. The van der Waals surface area contributed by atoms with Gasteiger partial charge in [-0.2, -0.15) is 13.2 Å². The van der Waals surface area contributed by atoms with Crippen molar-refractivity contribution in [3.63, 3.8) is 0 Å². The number of methoxy groups -OCH3 is 1. The van der Waals surface area contributed by atoms with Crippen molar-refractivity contribution in [2.24, 2.45) is 0 Å². The number of carbonyl (C=O) groups excluding carboxylic acids is 1. The summed E-state index contributed by atoms with van der Waals surface area (Å²) < 4.78 is 49.3. The van der Waals surface area contributed by atoms with Crippen molar-refractivity contribution in [1.82, 2.24) is 4.90 Å². The minimum absolute atomic E-state index is 0.222. The lowest BCUT2D eigenvalue weighted by molar-refractivity contribution is -0.138. The van der Waals surface area contributed by atoms with Gasteiger partial charge in [-0.1, -0.05) is 12.1 Å². The molecule has 1 aliphatic rings. The van der Waals surface area contributed by atoms with Gasteiger partial charge < -0.3 is 14.4 Å². The predicted octanol–water partition coefficient (Wildman–Crippen LogP) is 2.19. The van der Waals surface area contributed by atoms with Gasteiger partial charge in [-0.25, -0.2) is 0 Å². The number of carbonyl (C=O) groups is 1. The van der Waals surface area contributed by atoms with Crippen LogP contribution in [0.3, 0.4) is 0 Å². The molecule has 0 aromatic heterocycles. The van der Waals surface area contributed by atoms with Crippen molar-refractivity contribution in [2.45, 2.75) is 12.2 Å². The van der Waals surface area contributed by atoms with Gasteiger partial charge in [-0.15, -0.1) is 0 Å². The third-order valence-electron chi connectivity index (χ3n) is 3.31. The molecule has 0 radical (unpaired) electrons. The Morgan fingerprint density at radius 1 is 1.43 bits per heavy atom. The summed E-state index contributed by atoms with van der Waals surface area (Å²) in [7, 11) is 1.47. The molecule has 1 heterocycles. The highest BCUT2D eigenvalue weighted by Crippen LogP contribution is 2.32. The maximum atomic E-state index is 13.0. The van der Waals surface area contributed by atoms with E-state index in [1.54, 1.807) is 0 Å². The van der Waals surface area contributed by atoms with Crippen LogP contribution in [0.15, 0.2) is 24.3 Å². The van der Waals surface area contributed by atoms with Crippen LogP contribution in [-0.2, 0) is 15.7 Å². The zero-order valence-corrected chi connectivity index (χ0v) is 11.5. The zero-order chi connectivity index (χ0) is 15.5. The summed E-state index contributed by atoms with van der Waals surface area (Å²) in [4.78, 5) is 13.9. The summed E-state index contributed by atoms with van der Waals surface area (Å²) in [5, 5.41) is 0. The number of benzene rings is 1. The predicted molar refractivity (Wildman–Crippen MR) is 69.0 cm³/mol. The third kappa shape index (κ3) is 3.54. The van der Waals surface area contributed by atoms with E-state index in [0.29, 0.717) is 6.61 Å². The van der Waals surface area contributed by atoms with Gasteiger partial charge in [0.15, 0.2) is 0 Å². The summed E-state index contributed by atoms with van der Waals surface area (Å²) in [6, 6.07) is 4.43. The smallest absolute Gasteiger partial charge is 0.382 e. The van der Waals surface area contributed by atoms with Gasteiger partial charge in [0.1, 0.15) is 0 Å². The number of amides is 1. The highest BCUT2D eigenvalue weighted by atomic mass is 19.4. The van der Waals surface area contributed by atoms with Gasteiger partial charge in [0.05, 0.1) is 37.0 Å². The SMILES string of the molecule is COCC1COCCN1C(=O)c1ccccc1C(F)(F)F. The standard InChI is InChI=1S/C14H16F3NO3/c1-20-8-10-9-21-7-6-18(10)13(19)11-4-2-3-5-12(11)14(15,16)17/h2-5,10H,6-9H2,1H3. The largest absolute Gasteiger partial charge is 0.417 e. The molecule has 1 aliphatic heterocycles. The molecule has 0 saturated carbocycles. The lowest BCUT2D eigenvalue weighted by Gasteiger charge is -2.35. The lowest BCUT2D eigenvalue weighted by atomic mass is 10.0. The Kier molecular flexibility index (Phi) is 4.84. The minimum atomic E-state index is -4.56. The molecule has 0 aliphatic carbocycles. The monoisotopic (exact) mass is 303 g/mol. The van der Waals surface area contributed by atoms with Crippen molar-refractivity contribution in [2.75, 3.05) is 33.5 Å². The highest BCUT2D eigenvalue weighted by Gasteiger charge is 2.37. The van der Waals surface area contributed by atoms with E-state index in [-0.39, 0.29) is 31.4 Å². The van der Waals surface area contributed by atoms with Gasteiger partial charge in [0.25, 0.3) is 5.91 Å². The summed E-state index contributed by atoms with van der Waals surface area (Å²) in [5.74, 6) is -0.645. The Bertz CT molecular complexity index is 502. The Labute approximate surface area is 120 Å². The molecular formula is C14H16F3NO3. The van der Waals surface area contributed by atoms with Gasteiger partial charge in [0.2, 0.25) is 0 Å². The van der Waals surface area contributed by atoms with E-state index in [1.165, 1.54) is 30.2 Å². The fraction of sp³-hybridized carbons (Fsp3) is 0.500. The molecule has 1 fully saturated rings. The second kappa shape index (κ2) is 6.44. The van der Waals surface area contributed by atoms with E-state index in [2.05, 4.69) is 0 Å². The first-order chi connectivity index (χ1) is 9.95. The van der Waals surface area contributed by atoms with Crippen LogP contribution in [0.4, 0.5) is 13.2 Å². The van der Waals surface area contributed by atoms with Gasteiger partial charge >= 0.3 is 6.18 Å². The van der Waals surface area contributed by atoms with Crippen LogP contribution in [0.25, 0.3) is 0 Å². The van der Waals surface area contributed by atoms with E-state index in [9.17, 15) is 18.0 Å². The third-order valence-corrected chi connectivity index (χ3v) is 3.31. The van der Waals surface area contributed by atoms with Crippen molar-refractivity contribution < 1.29 is 27.4 Å². The van der Waals surface area contributed by atoms with E-state index in [0.717, 1.165) is 6.07 Å². The molecule has 1 unspecified atom stereocenters. The Balaban J connectivity index is 2.31. The fourth-order valence-electron chi connectivity index (χ4n) is 2.32. The van der Waals surface area contributed by atoms with Crippen LogP contribution < -0.4 is 0 Å². The first-order valence-corrected chi connectivity index (χ1v) is 6.49. The van der Waals surface area contributed by atoms with Crippen molar-refractivity contribution in [3.05, 3.63) is 35.4 Å². The molecule has 4 nitrogen and oxygen atoms in total. The van der Waals surface area contributed by atoms with Crippen molar-refractivity contribution in [1.29, 1.82) is 0 Å². The molecule has 1 saturated heterocycles. The number of rotatable bonds is 3. The van der Waals surface area contributed by atoms with Gasteiger partial charge in [-0.3, -0.25) is 4.79 Å². The second-order valence-electron chi connectivity index (χ2n) is 4.73. The number of halogens is 3. The molecule has 1 amide bonds. The second-order valence-corrected chi connectivity index (χ2v) is 4.73. The molecule has 0 bridgehead atoms. The van der Waals surface area contributed by atoms with Crippen LogP contribution in [-0.4, -0.2) is 50.3 Å². The molecule has 21 heavy (non-hydrogen) atoms. The summed E-state index contributed by atoms with van der Waals surface area (Å²) >= 11 is 0. The van der Waals surface area contributed by atoms with E-state index < -0.39 is 17.6 Å². The number of hydrogen-bond donors (Lipinski definition) is 0. The molecule has 0 spiro atoms. The van der Waals surface area contributed by atoms with Crippen LogP contribution in [0.5, 0.6) is 0 Å². The molecule has 116 valence electrons. The zero-order valence-electron chi connectivity index (χ0n) is 11.5. The Hall–Kier alpha value is -1.60. The fourth-order valence-corrected chi connectivity index (χ4v) is 2.32. The van der Waals surface area contributed by atoms with Crippen LogP contribution in [0, 0.1) is 0 Å². The van der Waals surface area contributed by atoms with Crippen molar-refractivity contribution in [3.8, 4) is 0 Å². The summed E-state index contributed by atoms with van der Waals surface area (Å²) in [6.07, 6.45) is -4.56. The topological polar surface area (TPSA) is 38.8 Å². The summed E-state index contributed by atoms with van der Waals surface area (Å²) in [5.41, 5.74) is -1.26. The van der Waals surface area contributed by atoms with Gasteiger partial charge in [-0.05, 0) is 12.1 Å². The number of hydrogen-bond acceptors (Lipinski definition) is 3. The maximum Gasteiger partial charge on any atom is 0.417 e. The number of morpholine rings is 1. The average molecular weight is 303 g/mol. The first kappa shape index (κ1) is 15.8. The van der Waals surface area contributed by atoms with Crippen molar-refractivity contribution >= 4 is 5.91 Å². The number of nitrogens with zero attached hydrogens (tertiary/aromatic N) is 1. The van der Waals surface area contributed by atoms with Crippen LogP contribution >= 0.6 is 0 Å². The minimum Gasteiger partial charge on any atom is -0.382 e. The van der Waals surface area contributed by atoms with Gasteiger partial charge in [0, 0.05) is 13.7 Å². The Morgan fingerprint density at radius 2 is 2.14 bits per heavy atom. The van der Waals surface area contributed by atoms with E-state index in [4.69, 9.17) is 9.47 Å². The lowest BCUT2D eigenvalue weighted by Crippen LogP contribution is -2.51. The molecular weight excluding hydrogens is 287 g/mol. The number of ether oxygens (including phenoxy) is 2. The molecule has 1 aromatic rings. The van der Waals surface area contributed by atoms with E-state index in [1.807, 2.05) is 0 Å². The normalized spacial score (nSPS) is 19.6. The highest BCUT2D eigenvalue weighted by molar-refractivity contribution is 5.96. The van der Waals surface area contributed by atoms with Crippen LogP contribution in [0.1, 0.15) is 15.9 Å². The first-order valence-electron chi connectivity index (χ1n) is 6.49. The molecule has 1 atom stereocenters. The Morgan fingerprint density at radius 3 is 2.81 bits per heavy atom.